The predicted molar refractivity (Wildman–Crippen MR) is 99.3 cm³/mol. The summed E-state index contributed by atoms with van der Waals surface area (Å²) in [7, 11) is 0. The van der Waals surface area contributed by atoms with Crippen LogP contribution < -0.4 is 5.56 Å². The number of amides is 1. The molecule has 0 bridgehead atoms. The normalized spacial score (nSPS) is 17.1. The monoisotopic (exact) mass is 350 g/mol. The maximum absolute atomic E-state index is 12.5. The Balaban J connectivity index is 1.42. The van der Waals surface area contributed by atoms with E-state index < -0.39 is 0 Å². The number of benzene rings is 1. The van der Waals surface area contributed by atoms with E-state index in [2.05, 4.69) is 22.2 Å². The van der Waals surface area contributed by atoms with Crippen molar-refractivity contribution in [1.82, 2.24) is 19.5 Å². The van der Waals surface area contributed by atoms with Crippen molar-refractivity contribution < 1.29 is 4.79 Å². The molecule has 1 aromatic carbocycles. The maximum Gasteiger partial charge on any atom is 0.272 e. The van der Waals surface area contributed by atoms with Crippen LogP contribution in [-0.4, -0.2) is 38.5 Å². The third-order valence-electron chi connectivity index (χ3n) is 5.05. The van der Waals surface area contributed by atoms with Crippen LogP contribution in [0.1, 0.15) is 35.7 Å². The van der Waals surface area contributed by atoms with Gasteiger partial charge in [-0.2, -0.15) is 0 Å². The Morgan fingerprint density at radius 3 is 2.88 bits per heavy atom. The molecule has 0 saturated carbocycles. The molecule has 3 aromatic rings. The van der Waals surface area contributed by atoms with Crippen LogP contribution in [0.3, 0.4) is 0 Å². The largest absolute Gasteiger partial charge is 0.342 e. The summed E-state index contributed by atoms with van der Waals surface area (Å²) in [6, 6.07) is 13.5. The number of nitrogens with one attached hydrogen (secondary N) is 1. The Morgan fingerprint density at radius 2 is 2.08 bits per heavy atom. The molecule has 6 nitrogen and oxygen atoms in total. The molecule has 0 radical (unpaired) electrons. The van der Waals surface area contributed by atoms with Crippen LogP contribution in [0, 0.1) is 6.92 Å². The summed E-state index contributed by atoms with van der Waals surface area (Å²) in [5.41, 5.74) is 3.41. The quantitative estimate of drug-likeness (QED) is 0.785. The van der Waals surface area contributed by atoms with Crippen LogP contribution in [-0.2, 0) is 11.2 Å². The second kappa shape index (κ2) is 6.78. The van der Waals surface area contributed by atoms with Gasteiger partial charge in [0.1, 0.15) is 0 Å². The molecule has 134 valence electrons. The SMILES string of the molecule is Cc1cc(=O)n2[nH]c([C@@H]3CCN(C(=O)CCc4ccccc4)C3)cc2n1. The number of aromatic nitrogens is 3. The van der Waals surface area contributed by atoms with Gasteiger partial charge < -0.3 is 4.90 Å². The minimum absolute atomic E-state index is 0.104. The first-order valence-electron chi connectivity index (χ1n) is 9.01. The van der Waals surface area contributed by atoms with E-state index in [1.807, 2.05) is 36.1 Å². The van der Waals surface area contributed by atoms with Gasteiger partial charge in [0.2, 0.25) is 5.91 Å². The van der Waals surface area contributed by atoms with Crippen molar-refractivity contribution in [3.05, 3.63) is 69.8 Å². The lowest BCUT2D eigenvalue weighted by Gasteiger charge is -2.16. The molecule has 1 saturated heterocycles. The van der Waals surface area contributed by atoms with E-state index in [0.717, 1.165) is 25.1 Å². The van der Waals surface area contributed by atoms with Crippen molar-refractivity contribution in [3.8, 4) is 0 Å². The van der Waals surface area contributed by atoms with Crippen LogP contribution in [0.5, 0.6) is 0 Å². The standard InChI is InChI=1S/C20H22N4O2/c1-14-11-20(26)24-18(21-14)12-17(22-24)16-9-10-23(13-16)19(25)8-7-15-5-3-2-4-6-15/h2-6,11-12,16,22H,7-10,13H2,1H3/t16-/m1/s1. The summed E-state index contributed by atoms with van der Waals surface area (Å²) in [5, 5.41) is 3.15. The summed E-state index contributed by atoms with van der Waals surface area (Å²) in [4.78, 5) is 30.9. The lowest BCUT2D eigenvalue weighted by molar-refractivity contribution is -0.130. The fraction of sp³-hybridized carbons (Fsp3) is 0.350. The van der Waals surface area contributed by atoms with Crippen molar-refractivity contribution >= 4 is 11.6 Å². The van der Waals surface area contributed by atoms with E-state index in [4.69, 9.17) is 0 Å². The third kappa shape index (κ3) is 3.27. The second-order valence-electron chi connectivity index (χ2n) is 6.95. The average molecular weight is 350 g/mol. The van der Waals surface area contributed by atoms with Crippen molar-refractivity contribution in [1.29, 1.82) is 0 Å². The van der Waals surface area contributed by atoms with Crippen LogP contribution in [0.25, 0.3) is 5.65 Å². The van der Waals surface area contributed by atoms with Crippen LogP contribution in [0.4, 0.5) is 0 Å². The minimum atomic E-state index is -0.104. The molecule has 0 spiro atoms. The number of H-pyrrole nitrogens is 1. The number of hydrogen-bond acceptors (Lipinski definition) is 3. The predicted octanol–water partition coefficient (Wildman–Crippen LogP) is 2.28. The number of hydrogen-bond donors (Lipinski definition) is 1. The first-order valence-corrected chi connectivity index (χ1v) is 9.01. The van der Waals surface area contributed by atoms with E-state index in [0.29, 0.717) is 24.3 Å². The smallest absolute Gasteiger partial charge is 0.272 e. The highest BCUT2D eigenvalue weighted by molar-refractivity contribution is 5.76. The first kappa shape index (κ1) is 16.6. The van der Waals surface area contributed by atoms with Crippen molar-refractivity contribution in [2.24, 2.45) is 0 Å². The van der Waals surface area contributed by atoms with E-state index in [-0.39, 0.29) is 17.4 Å². The zero-order valence-electron chi connectivity index (χ0n) is 14.8. The number of carbonyl (C=O) groups excluding carboxylic acids is 1. The summed E-state index contributed by atoms with van der Waals surface area (Å²) >= 11 is 0. The molecular weight excluding hydrogens is 328 g/mol. The number of aryl methyl sites for hydroxylation is 2. The minimum Gasteiger partial charge on any atom is -0.342 e. The fourth-order valence-electron chi connectivity index (χ4n) is 3.63. The lowest BCUT2D eigenvalue weighted by atomic mass is 10.1. The Labute approximate surface area is 151 Å². The molecule has 26 heavy (non-hydrogen) atoms. The molecule has 6 heteroatoms. The van der Waals surface area contributed by atoms with Crippen molar-refractivity contribution in [2.45, 2.75) is 32.1 Å². The molecule has 3 heterocycles. The topological polar surface area (TPSA) is 70.5 Å². The van der Waals surface area contributed by atoms with Gasteiger partial charge in [-0.05, 0) is 25.3 Å². The molecule has 0 unspecified atom stereocenters. The number of nitrogens with zero attached hydrogens (tertiary/aromatic N) is 3. The Kier molecular flexibility index (Phi) is 4.32. The summed E-state index contributed by atoms with van der Waals surface area (Å²) in [6.45, 7) is 3.26. The Morgan fingerprint density at radius 1 is 1.27 bits per heavy atom. The number of fused-ring (bicyclic) bond motifs is 1. The highest BCUT2D eigenvalue weighted by Crippen LogP contribution is 2.27. The molecule has 1 fully saturated rings. The van der Waals surface area contributed by atoms with Crippen LogP contribution in [0.2, 0.25) is 0 Å². The second-order valence-corrected chi connectivity index (χ2v) is 6.95. The third-order valence-corrected chi connectivity index (χ3v) is 5.05. The van der Waals surface area contributed by atoms with Crippen molar-refractivity contribution in [2.75, 3.05) is 13.1 Å². The van der Waals surface area contributed by atoms with Gasteiger partial charge in [0.15, 0.2) is 5.65 Å². The Bertz CT molecular complexity index is 990. The average Bonchev–Trinajstić information content (AvgIpc) is 3.27. The molecule has 4 rings (SSSR count). The van der Waals surface area contributed by atoms with Gasteiger partial charge in [-0.25, -0.2) is 9.50 Å². The zero-order chi connectivity index (χ0) is 18.1. The van der Waals surface area contributed by atoms with E-state index >= 15 is 0 Å². The maximum atomic E-state index is 12.5. The van der Waals surface area contributed by atoms with Crippen LogP contribution in [0.15, 0.2) is 47.3 Å². The molecule has 2 aromatic heterocycles. The van der Waals surface area contributed by atoms with Gasteiger partial charge in [-0.3, -0.25) is 14.7 Å². The lowest BCUT2D eigenvalue weighted by Crippen LogP contribution is -2.28. The number of carbonyl (C=O) groups is 1. The number of aromatic amines is 1. The molecule has 1 atom stereocenters. The van der Waals surface area contributed by atoms with Gasteiger partial charge >= 0.3 is 0 Å². The van der Waals surface area contributed by atoms with E-state index in [1.165, 1.54) is 16.1 Å². The number of rotatable bonds is 4. The number of likely N-dealkylation sites (tertiary alicyclic amines) is 1. The Hall–Kier alpha value is -2.89. The first-order chi connectivity index (χ1) is 12.6. The van der Waals surface area contributed by atoms with E-state index in [1.54, 1.807) is 0 Å². The zero-order valence-corrected chi connectivity index (χ0v) is 14.8. The molecule has 1 N–H and O–H groups in total. The summed E-state index contributed by atoms with van der Waals surface area (Å²) in [5.74, 6) is 0.413. The molecule has 0 aliphatic carbocycles. The van der Waals surface area contributed by atoms with Gasteiger partial charge in [0.05, 0.1) is 0 Å². The van der Waals surface area contributed by atoms with Crippen molar-refractivity contribution in [3.63, 3.8) is 0 Å². The van der Waals surface area contributed by atoms with Gasteiger partial charge in [0, 0.05) is 48.9 Å². The highest BCUT2D eigenvalue weighted by atomic mass is 16.2. The van der Waals surface area contributed by atoms with Gasteiger partial charge in [-0.15, -0.1) is 0 Å². The van der Waals surface area contributed by atoms with E-state index in [9.17, 15) is 9.59 Å². The summed E-state index contributed by atoms with van der Waals surface area (Å²) < 4.78 is 1.47. The van der Waals surface area contributed by atoms with Crippen LogP contribution >= 0.6 is 0 Å². The highest BCUT2D eigenvalue weighted by Gasteiger charge is 2.28. The molecule has 1 aliphatic heterocycles. The van der Waals surface area contributed by atoms with Gasteiger partial charge in [0.25, 0.3) is 5.56 Å². The molecule has 1 amide bonds. The van der Waals surface area contributed by atoms with Gasteiger partial charge in [-0.1, -0.05) is 30.3 Å². The molecular formula is C20H22N4O2. The molecule has 1 aliphatic rings. The summed E-state index contributed by atoms with van der Waals surface area (Å²) in [6.07, 6.45) is 2.20. The fourth-order valence-corrected chi connectivity index (χ4v) is 3.63.